The fourth-order valence-electron chi connectivity index (χ4n) is 1.58. The molecule has 3 heterocycles. The standard InChI is InChI=1S/C12H9N3OS/c16-12(9-4-3-7-17-9)14-10-8-15-6-2-1-5-11(15)13-10/h1-8H,(H,14,16). The normalized spacial score (nSPS) is 10.6. The molecule has 4 nitrogen and oxygen atoms in total. The molecule has 3 aromatic rings. The Hall–Kier alpha value is -2.14. The number of carbonyl (C=O) groups is 1. The maximum atomic E-state index is 11.8. The Morgan fingerprint density at radius 1 is 1.29 bits per heavy atom. The summed E-state index contributed by atoms with van der Waals surface area (Å²) >= 11 is 1.41. The Balaban J connectivity index is 1.88. The molecule has 3 aromatic heterocycles. The zero-order chi connectivity index (χ0) is 11.7. The van der Waals surface area contributed by atoms with Crippen molar-refractivity contribution in [2.24, 2.45) is 0 Å². The molecule has 0 radical (unpaired) electrons. The van der Waals surface area contributed by atoms with Crippen molar-refractivity contribution in [3.05, 3.63) is 53.0 Å². The molecule has 3 rings (SSSR count). The maximum Gasteiger partial charge on any atom is 0.266 e. The van der Waals surface area contributed by atoms with Crippen LogP contribution in [0.15, 0.2) is 48.1 Å². The molecular formula is C12H9N3OS. The molecule has 1 amide bonds. The van der Waals surface area contributed by atoms with Gasteiger partial charge < -0.3 is 9.72 Å². The average molecular weight is 243 g/mol. The predicted octanol–water partition coefficient (Wildman–Crippen LogP) is 2.65. The van der Waals surface area contributed by atoms with E-state index < -0.39 is 0 Å². The number of thiophene rings is 1. The summed E-state index contributed by atoms with van der Waals surface area (Å²) in [6.45, 7) is 0. The van der Waals surface area contributed by atoms with Crippen molar-refractivity contribution in [1.82, 2.24) is 9.38 Å². The average Bonchev–Trinajstić information content (AvgIpc) is 2.97. The summed E-state index contributed by atoms with van der Waals surface area (Å²) in [6, 6.07) is 9.35. The molecule has 1 N–H and O–H groups in total. The van der Waals surface area contributed by atoms with Crippen LogP contribution in [0.4, 0.5) is 5.82 Å². The highest BCUT2D eigenvalue weighted by molar-refractivity contribution is 7.12. The second kappa shape index (κ2) is 4.03. The van der Waals surface area contributed by atoms with Gasteiger partial charge >= 0.3 is 0 Å². The van der Waals surface area contributed by atoms with Crippen LogP contribution in [0.2, 0.25) is 0 Å². The molecule has 0 aliphatic rings. The van der Waals surface area contributed by atoms with Crippen LogP contribution < -0.4 is 5.32 Å². The number of amides is 1. The number of nitrogens with zero attached hydrogens (tertiary/aromatic N) is 2. The molecule has 0 saturated carbocycles. The van der Waals surface area contributed by atoms with E-state index in [9.17, 15) is 4.79 Å². The molecule has 17 heavy (non-hydrogen) atoms. The highest BCUT2D eigenvalue weighted by atomic mass is 32.1. The van der Waals surface area contributed by atoms with Gasteiger partial charge in [0.25, 0.3) is 5.91 Å². The van der Waals surface area contributed by atoms with Crippen molar-refractivity contribution in [3.8, 4) is 0 Å². The van der Waals surface area contributed by atoms with E-state index in [-0.39, 0.29) is 5.91 Å². The largest absolute Gasteiger partial charge is 0.305 e. The highest BCUT2D eigenvalue weighted by Gasteiger charge is 2.08. The molecule has 0 saturated heterocycles. The Labute approximate surface area is 102 Å². The van der Waals surface area contributed by atoms with Crippen molar-refractivity contribution >= 4 is 28.7 Å². The third kappa shape index (κ3) is 1.92. The van der Waals surface area contributed by atoms with Gasteiger partial charge in [0.05, 0.1) is 11.1 Å². The van der Waals surface area contributed by atoms with E-state index in [0.29, 0.717) is 10.7 Å². The van der Waals surface area contributed by atoms with Crippen LogP contribution in [-0.4, -0.2) is 15.3 Å². The Bertz CT molecular complexity index is 624. The molecule has 0 spiro atoms. The zero-order valence-electron chi connectivity index (χ0n) is 8.83. The lowest BCUT2D eigenvalue weighted by molar-refractivity contribution is 0.103. The number of pyridine rings is 1. The molecule has 0 atom stereocenters. The molecule has 0 aliphatic carbocycles. The third-order valence-electron chi connectivity index (χ3n) is 2.35. The molecular weight excluding hydrogens is 234 g/mol. The highest BCUT2D eigenvalue weighted by Crippen LogP contribution is 2.13. The first-order valence-electron chi connectivity index (χ1n) is 5.11. The van der Waals surface area contributed by atoms with E-state index in [0.717, 1.165) is 5.65 Å². The van der Waals surface area contributed by atoms with Crippen LogP contribution in [0.25, 0.3) is 5.65 Å². The quantitative estimate of drug-likeness (QED) is 0.752. The van der Waals surface area contributed by atoms with Crippen LogP contribution >= 0.6 is 11.3 Å². The summed E-state index contributed by atoms with van der Waals surface area (Å²) < 4.78 is 1.87. The lowest BCUT2D eigenvalue weighted by Gasteiger charge is -1.97. The molecule has 0 aliphatic heterocycles. The molecule has 0 unspecified atom stereocenters. The van der Waals surface area contributed by atoms with Gasteiger partial charge in [-0.1, -0.05) is 12.1 Å². The number of anilines is 1. The first kappa shape index (κ1) is 10.0. The number of nitrogens with one attached hydrogen (secondary N) is 1. The topological polar surface area (TPSA) is 46.4 Å². The molecule has 5 heteroatoms. The van der Waals surface area contributed by atoms with E-state index in [1.165, 1.54) is 11.3 Å². The summed E-state index contributed by atoms with van der Waals surface area (Å²) in [5.41, 5.74) is 0.814. The SMILES string of the molecule is O=C(Nc1cn2ccccc2n1)c1cccs1. The Morgan fingerprint density at radius 2 is 2.24 bits per heavy atom. The van der Waals surface area contributed by atoms with Gasteiger partial charge in [0.15, 0.2) is 5.82 Å². The van der Waals surface area contributed by atoms with Gasteiger partial charge in [-0.05, 0) is 23.6 Å². The Morgan fingerprint density at radius 3 is 3.00 bits per heavy atom. The molecule has 0 aromatic carbocycles. The van der Waals surface area contributed by atoms with Gasteiger partial charge in [0, 0.05) is 6.20 Å². The summed E-state index contributed by atoms with van der Waals surface area (Å²) in [5.74, 6) is 0.443. The number of carbonyl (C=O) groups excluding carboxylic acids is 1. The van der Waals surface area contributed by atoms with Crippen molar-refractivity contribution in [2.75, 3.05) is 5.32 Å². The maximum absolute atomic E-state index is 11.8. The van der Waals surface area contributed by atoms with Crippen LogP contribution in [-0.2, 0) is 0 Å². The second-order valence-corrected chi connectivity index (χ2v) is 4.47. The van der Waals surface area contributed by atoms with Crippen molar-refractivity contribution < 1.29 is 4.79 Å². The first-order chi connectivity index (χ1) is 8.33. The van der Waals surface area contributed by atoms with Gasteiger partial charge in [-0.3, -0.25) is 4.79 Å². The van der Waals surface area contributed by atoms with Gasteiger partial charge in [0.2, 0.25) is 0 Å². The second-order valence-electron chi connectivity index (χ2n) is 3.52. The zero-order valence-corrected chi connectivity index (χ0v) is 9.65. The molecule has 84 valence electrons. The van der Waals surface area contributed by atoms with Crippen molar-refractivity contribution in [2.45, 2.75) is 0 Å². The summed E-state index contributed by atoms with van der Waals surface area (Å²) in [5, 5.41) is 4.65. The van der Waals surface area contributed by atoms with E-state index in [1.807, 2.05) is 40.2 Å². The number of imidazole rings is 1. The smallest absolute Gasteiger partial charge is 0.266 e. The number of rotatable bonds is 2. The number of hydrogen-bond acceptors (Lipinski definition) is 3. The van der Waals surface area contributed by atoms with Crippen LogP contribution in [0.5, 0.6) is 0 Å². The fourth-order valence-corrected chi connectivity index (χ4v) is 2.20. The minimum atomic E-state index is -0.122. The van der Waals surface area contributed by atoms with Gasteiger partial charge in [0.1, 0.15) is 5.65 Å². The summed E-state index contributed by atoms with van der Waals surface area (Å²) in [7, 11) is 0. The van der Waals surface area contributed by atoms with Gasteiger partial charge in [-0.25, -0.2) is 4.98 Å². The molecule has 0 bridgehead atoms. The lowest BCUT2D eigenvalue weighted by Crippen LogP contribution is -2.10. The van der Waals surface area contributed by atoms with Gasteiger partial charge in [-0.15, -0.1) is 11.3 Å². The number of fused-ring (bicyclic) bond motifs is 1. The fraction of sp³-hybridized carbons (Fsp3) is 0. The van der Waals surface area contributed by atoms with Crippen LogP contribution in [0.3, 0.4) is 0 Å². The van der Waals surface area contributed by atoms with E-state index in [4.69, 9.17) is 0 Å². The molecule has 0 fully saturated rings. The lowest BCUT2D eigenvalue weighted by atomic mass is 10.4. The first-order valence-corrected chi connectivity index (χ1v) is 5.99. The summed E-state index contributed by atoms with van der Waals surface area (Å²) in [4.78, 5) is 16.8. The van der Waals surface area contributed by atoms with E-state index in [2.05, 4.69) is 10.3 Å². The van der Waals surface area contributed by atoms with Crippen LogP contribution in [0, 0.1) is 0 Å². The number of hydrogen-bond donors (Lipinski definition) is 1. The van der Waals surface area contributed by atoms with Crippen molar-refractivity contribution in [1.29, 1.82) is 0 Å². The van der Waals surface area contributed by atoms with E-state index in [1.54, 1.807) is 12.3 Å². The summed E-state index contributed by atoms with van der Waals surface area (Å²) in [6.07, 6.45) is 3.68. The van der Waals surface area contributed by atoms with E-state index >= 15 is 0 Å². The predicted molar refractivity (Wildman–Crippen MR) is 67.5 cm³/mol. The minimum absolute atomic E-state index is 0.122. The Kier molecular flexibility index (Phi) is 2.38. The van der Waals surface area contributed by atoms with Crippen molar-refractivity contribution in [3.63, 3.8) is 0 Å². The number of aromatic nitrogens is 2. The monoisotopic (exact) mass is 243 g/mol. The minimum Gasteiger partial charge on any atom is -0.305 e. The van der Waals surface area contributed by atoms with Crippen LogP contribution in [0.1, 0.15) is 9.67 Å². The third-order valence-corrected chi connectivity index (χ3v) is 3.22. The van der Waals surface area contributed by atoms with Gasteiger partial charge in [-0.2, -0.15) is 0 Å².